The summed E-state index contributed by atoms with van der Waals surface area (Å²) in [7, 11) is 0. The van der Waals surface area contributed by atoms with Crippen LogP contribution in [0.2, 0.25) is 0 Å². The Morgan fingerprint density at radius 3 is 2.85 bits per heavy atom. The molecule has 0 radical (unpaired) electrons. The Balaban J connectivity index is 3.25. The molecule has 0 amide bonds. The number of allylic oxidation sites excluding steroid dienone is 1. The smallest absolute Gasteiger partial charge is 0.251 e. The van der Waals surface area contributed by atoms with Crippen LogP contribution in [0.25, 0.3) is 0 Å². The van der Waals surface area contributed by atoms with Gasteiger partial charge < -0.3 is 4.57 Å². The van der Waals surface area contributed by atoms with Gasteiger partial charge in [0.25, 0.3) is 5.56 Å². The topological polar surface area (TPSA) is 22.0 Å². The average Bonchev–Trinajstić information content (AvgIpc) is 2.05. The van der Waals surface area contributed by atoms with Gasteiger partial charge in [-0.25, -0.2) is 0 Å². The fourth-order valence-electron chi connectivity index (χ4n) is 1.02. The van der Waals surface area contributed by atoms with Gasteiger partial charge in [-0.1, -0.05) is 22.5 Å². The summed E-state index contributed by atoms with van der Waals surface area (Å²) in [6.45, 7) is 6.18. The van der Waals surface area contributed by atoms with E-state index in [4.69, 9.17) is 0 Å². The van der Waals surface area contributed by atoms with E-state index in [2.05, 4.69) is 45.1 Å². The highest BCUT2D eigenvalue weighted by molar-refractivity contribution is 14.1. The molecule has 0 spiro atoms. The van der Waals surface area contributed by atoms with E-state index < -0.39 is 0 Å². The summed E-state index contributed by atoms with van der Waals surface area (Å²) < 4.78 is 3.59. The van der Waals surface area contributed by atoms with Crippen LogP contribution in [0.4, 0.5) is 0 Å². The molecule has 0 aliphatic rings. The van der Waals surface area contributed by atoms with Crippen LogP contribution in [-0.2, 0) is 6.54 Å². The van der Waals surface area contributed by atoms with Gasteiger partial charge in [0.1, 0.15) is 0 Å². The van der Waals surface area contributed by atoms with Crippen LogP contribution >= 0.6 is 38.5 Å². The van der Waals surface area contributed by atoms with Crippen molar-refractivity contribution in [2.45, 2.75) is 13.5 Å². The second-order valence-corrected chi connectivity index (χ2v) is 4.99. The number of halogens is 2. The van der Waals surface area contributed by atoms with Gasteiger partial charge in [-0.3, -0.25) is 4.79 Å². The maximum absolute atomic E-state index is 11.4. The summed E-state index contributed by atoms with van der Waals surface area (Å²) in [5.74, 6) is 0. The SMILES string of the molecule is C=C(Br)Cn1c(C)c(I)ccc1=O. The maximum Gasteiger partial charge on any atom is 0.251 e. The zero-order chi connectivity index (χ0) is 10.0. The number of pyridine rings is 1. The predicted molar refractivity (Wildman–Crippen MR) is 66.2 cm³/mol. The maximum atomic E-state index is 11.4. The van der Waals surface area contributed by atoms with Crippen molar-refractivity contribution in [1.29, 1.82) is 0 Å². The van der Waals surface area contributed by atoms with Crippen molar-refractivity contribution in [3.63, 3.8) is 0 Å². The molecule has 1 aromatic rings. The van der Waals surface area contributed by atoms with Crippen molar-refractivity contribution in [3.8, 4) is 0 Å². The Hall–Kier alpha value is -0.100. The van der Waals surface area contributed by atoms with Crippen LogP contribution < -0.4 is 5.56 Å². The molecule has 0 saturated heterocycles. The van der Waals surface area contributed by atoms with Gasteiger partial charge in [-0.15, -0.1) is 0 Å². The van der Waals surface area contributed by atoms with Gasteiger partial charge in [-0.05, 0) is 35.6 Å². The quantitative estimate of drug-likeness (QED) is 0.749. The van der Waals surface area contributed by atoms with E-state index in [1.54, 1.807) is 10.6 Å². The molecule has 13 heavy (non-hydrogen) atoms. The molecule has 0 fully saturated rings. The molecule has 0 N–H and O–H groups in total. The minimum atomic E-state index is 0.0125. The van der Waals surface area contributed by atoms with Crippen molar-refractivity contribution in [1.82, 2.24) is 4.57 Å². The number of rotatable bonds is 2. The molecule has 0 aliphatic carbocycles. The van der Waals surface area contributed by atoms with E-state index >= 15 is 0 Å². The van der Waals surface area contributed by atoms with Crippen LogP contribution in [0.1, 0.15) is 5.69 Å². The summed E-state index contributed by atoms with van der Waals surface area (Å²) >= 11 is 5.46. The number of aromatic nitrogens is 1. The first-order valence-electron chi connectivity index (χ1n) is 3.71. The van der Waals surface area contributed by atoms with Crippen LogP contribution in [0.15, 0.2) is 28.0 Å². The van der Waals surface area contributed by atoms with Crippen LogP contribution in [0.5, 0.6) is 0 Å². The monoisotopic (exact) mass is 353 g/mol. The Kier molecular flexibility index (Phi) is 3.73. The molecule has 2 nitrogen and oxygen atoms in total. The normalized spacial score (nSPS) is 10.1. The van der Waals surface area contributed by atoms with Gasteiger partial charge in [0.05, 0.1) is 6.54 Å². The summed E-state index contributed by atoms with van der Waals surface area (Å²) in [5.41, 5.74) is 0.993. The lowest BCUT2D eigenvalue weighted by atomic mass is 10.3. The highest BCUT2D eigenvalue weighted by Gasteiger charge is 2.03. The second kappa shape index (κ2) is 4.41. The molecule has 70 valence electrons. The molecule has 0 aromatic carbocycles. The van der Waals surface area contributed by atoms with Gasteiger partial charge in [0.15, 0.2) is 0 Å². The lowest BCUT2D eigenvalue weighted by Gasteiger charge is -2.09. The van der Waals surface area contributed by atoms with E-state index in [0.717, 1.165) is 13.7 Å². The van der Waals surface area contributed by atoms with Crippen molar-refractivity contribution < 1.29 is 0 Å². The summed E-state index contributed by atoms with van der Waals surface area (Å²) in [5, 5.41) is 0. The first-order chi connectivity index (χ1) is 6.02. The Morgan fingerprint density at radius 2 is 2.31 bits per heavy atom. The number of nitrogens with zero attached hydrogens (tertiary/aromatic N) is 1. The molecule has 1 heterocycles. The summed E-state index contributed by atoms with van der Waals surface area (Å²) in [6, 6.07) is 3.40. The predicted octanol–water partition coefficient (Wildman–Crippen LogP) is 2.67. The molecular weight excluding hydrogens is 345 g/mol. The highest BCUT2D eigenvalue weighted by atomic mass is 127. The first kappa shape index (κ1) is 11.0. The molecule has 1 rings (SSSR count). The molecular formula is C9H9BrINO. The Bertz CT molecular complexity index is 397. The first-order valence-corrected chi connectivity index (χ1v) is 5.59. The number of hydrogen-bond donors (Lipinski definition) is 0. The van der Waals surface area contributed by atoms with E-state index in [1.165, 1.54) is 0 Å². The number of hydrogen-bond acceptors (Lipinski definition) is 1. The Labute approximate surface area is 98.9 Å². The molecule has 0 unspecified atom stereocenters. The van der Waals surface area contributed by atoms with Crippen LogP contribution in [0.3, 0.4) is 0 Å². The van der Waals surface area contributed by atoms with E-state index in [9.17, 15) is 4.79 Å². The lowest BCUT2D eigenvalue weighted by molar-refractivity contribution is 0.738. The molecule has 4 heteroatoms. The molecule has 1 aromatic heterocycles. The van der Waals surface area contributed by atoms with E-state index in [-0.39, 0.29) is 5.56 Å². The van der Waals surface area contributed by atoms with Gasteiger partial charge in [0, 0.05) is 19.8 Å². The minimum absolute atomic E-state index is 0.0125. The van der Waals surface area contributed by atoms with E-state index in [0.29, 0.717) is 6.54 Å². The van der Waals surface area contributed by atoms with Crippen molar-refractivity contribution in [2.24, 2.45) is 0 Å². The van der Waals surface area contributed by atoms with Crippen molar-refractivity contribution in [3.05, 3.63) is 42.8 Å². The second-order valence-electron chi connectivity index (χ2n) is 2.71. The average molecular weight is 354 g/mol. The zero-order valence-corrected chi connectivity index (χ0v) is 10.9. The van der Waals surface area contributed by atoms with Crippen molar-refractivity contribution in [2.75, 3.05) is 0 Å². The molecule has 0 bridgehead atoms. The molecule has 0 saturated carbocycles. The largest absolute Gasteiger partial charge is 0.307 e. The molecule has 0 aliphatic heterocycles. The minimum Gasteiger partial charge on any atom is -0.307 e. The van der Waals surface area contributed by atoms with Crippen molar-refractivity contribution >= 4 is 38.5 Å². The summed E-state index contributed by atoms with van der Waals surface area (Å²) in [6.07, 6.45) is 0. The lowest BCUT2D eigenvalue weighted by Crippen LogP contribution is -2.22. The zero-order valence-electron chi connectivity index (χ0n) is 7.18. The Morgan fingerprint density at radius 1 is 1.69 bits per heavy atom. The summed E-state index contributed by atoms with van der Waals surface area (Å²) in [4.78, 5) is 11.4. The van der Waals surface area contributed by atoms with Gasteiger partial charge >= 0.3 is 0 Å². The van der Waals surface area contributed by atoms with Crippen LogP contribution in [-0.4, -0.2) is 4.57 Å². The third kappa shape index (κ3) is 2.67. The van der Waals surface area contributed by atoms with Crippen LogP contribution in [0, 0.1) is 10.5 Å². The standard InChI is InChI=1S/C9H9BrINO/c1-6(10)5-12-7(2)8(11)3-4-9(12)13/h3-4H,1,5H2,2H3. The van der Waals surface area contributed by atoms with Gasteiger partial charge in [0.2, 0.25) is 0 Å². The fraction of sp³-hybridized carbons (Fsp3) is 0.222. The van der Waals surface area contributed by atoms with Gasteiger partial charge in [-0.2, -0.15) is 0 Å². The van der Waals surface area contributed by atoms with E-state index in [1.807, 2.05) is 13.0 Å². The fourth-order valence-corrected chi connectivity index (χ4v) is 1.74. The third-order valence-electron chi connectivity index (χ3n) is 1.72. The highest BCUT2D eigenvalue weighted by Crippen LogP contribution is 2.11. The molecule has 0 atom stereocenters. The third-order valence-corrected chi connectivity index (χ3v) is 3.11.